The van der Waals surface area contributed by atoms with Gasteiger partial charge in [0, 0.05) is 12.0 Å². The Morgan fingerprint density at radius 1 is 1.12 bits per heavy atom. The van der Waals surface area contributed by atoms with Crippen LogP contribution in [0.2, 0.25) is 0 Å². The van der Waals surface area contributed by atoms with E-state index in [2.05, 4.69) is 27.7 Å². The second-order valence-corrected chi connectivity index (χ2v) is 8.90. The Morgan fingerprint density at radius 2 is 1.80 bits per heavy atom. The minimum Gasteiger partial charge on any atom is -0.508 e. The number of benzene rings is 1. The number of hydrogen-bond donors (Lipinski definition) is 2. The summed E-state index contributed by atoms with van der Waals surface area (Å²) in [5.41, 5.74) is 4.11. The van der Waals surface area contributed by atoms with E-state index < -0.39 is 0 Å². The molecule has 2 aliphatic carbocycles. The van der Waals surface area contributed by atoms with Crippen molar-refractivity contribution in [2.24, 2.45) is 16.7 Å². The molecule has 1 aromatic rings. The quantitative estimate of drug-likeness (QED) is 0.555. The maximum Gasteiger partial charge on any atom is 0.167 e. The highest BCUT2D eigenvalue weighted by molar-refractivity contribution is 5.55. The fourth-order valence-corrected chi connectivity index (χ4v) is 5.73. The summed E-state index contributed by atoms with van der Waals surface area (Å²) in [6, 6.07) is 3.06. The summed E-state index contributed by atoms with van der Waals surface area (Å²) in [6.07, 6.45) is 6.77. The zero-order valence-electron chi connectivity index (χ0n) is 16.3. The fourth-order valence-electron chi connectivity index (χ4n) is 5.73. The molecule has 0 amide bonds. The van der Waals surface area contributed by atoms with Crippen molar-refractivity contribution in [3.8, 4) is 17.2 Å². The molecule has 138 valence electrons. The lowest BCUT2D eigenvalue weighted by atomic mass is 9.50. The van der Waals surface area contributed by atoms with Crippen molar-refractivity contribution < 1.29 is 14.9 Å². The number of phenols is 2. The van der Waals surface area contributed by atoms with Crippen LogP contribution in [0.5, 0.6) is 17.2 Å². The molecule has 3 nitrogen and oxygen atoms in total. The van der Waals surface area contributed by atoms with Gasteiger partial charge in [0.15, 0.2) is 11.5 Å². The van der Waals surface area contributed by atoms with Gasteiger partial charge >= 0.3 is 0 Å². The normalized spacial score (nSPS) is 28.6. The van der Waals surface area contributed by atoms with Crippen LogP contribution in [0.1, 0.15) is 65.4 Å². The van der Waals surface area contributed by atoms with Crippen molar-refractivity contribution in [1.29, 1.82) is 0 Å². The van der Waals surface area contributed by atoms with Gasteiger partial charge in [0.2, 0.25) is 0 Å². The standard InChI is InChI=1S/C22H32O3/c1-14-7-10-19-21(2,3)11-6-12-22(19,4)16(14)13-15-17(23)8-9-18(24)20(15)25-5/h8-9,19,23-24H,6-7,10-13H2,1-5H3/t19?,22-/m1/s1. The molecule has 1 saturated carbocycles. The lowest BCUT2D eigenvalue weighted by Gasteiger charge is -2.55. The molecular formula is C22H32O3. The monoisotopic (exact) mass is 344 g/mol. The van der Waals surface area contributed by atoms with E-state index in [1.807, 2.05) is 0 Å². The van der Waals surface area contributed by atoms with Gasteiger partial charge in [0.1, 0.15) is 5.75 Å². The molecule has 3 heteroatoms. The summed E-state index contributed by atoms with van der Waals surface area (Å²) in [7, 11) is 1.55. The van der Waals surface area contributed by atoms with Crippen LogP contribution in [-0.4, -0.2) is 17.3 Å². The van der Waals surface area contributed by atoms with Gasteiger partial charge in [-0.05, 0) is 61.5 Å². The Balaban J connectivity index is 2.06. The molecule has 0 heterocycles. The molecule has 25 heavy (non-hydrogen) atoms. The van der Waals surface area contributed by atoms with Gasteiger partial charge < -0.3 is 14.9 Å². The SMILES string of the molecule is COc1c(O)ccc(O)c1CC1=C(C)CCC2C(C)(C)CCC[C@]12C. The largest absolute Gasteiger partial charge is 0.508 e. The summed E-state index contributed by atoms with van der Waals surface area (Å²) in [4.78, 5) is 0. The number of methoxy groups -OCH3 is 1. The molecular weight excluding hydrogens is 312 g/mol. The molecule has 3 rings (SSSR count). The fraction of sp³-hybridized carbons (Fsp3) is 0.636. The predicted molar refractivity (Wildman–Crippen MR) is 101 cm³/mol. The van der Waals surface area contributed by atoms with E-state index in [0.717, 1.165) is 6.42 Å². The van der Waals surface area contributed by atoms with E-state index in [9.17, 15) is 10.2 Å². The number of fused-ring (bicyclic) bond motifs is 1. The minimum absolute atomic E-state index is 0.0926. The topological polar surface area (TPSA) is 49.7 Å². The zero-order chi connectivity index (χ0) is 18.4. The van der Waals surface area contributed by atoms with E-state index in [1.165, 1.54) is 42.9 Å². The first-order chi connectivity index (χ1) is 11.7. The molecule has 1 fully saturated rings. The predicted octanol–water partition coefficient (Wildman–Crippen LogP) is 5.59. The highest BCUT2D eigenvalue weighted by Crippen LogP contribution is 2.60. The second kappa shape index (κ2) is 6.26. The number of aromatic hydroxyl groups is 2. The van der Waals surface area contributed by atoms with Gasteiger partial charge in [-0.25, -0.2) is 0 Å². The average Bonchev–Trinajstić information content (AvgIpc) is 2.53. The van der Waals surface area contributed by atoms with E-state index in [1.54, 1.807) is 13.2 Å². The highest BCUT2D eigenvalue weighted by atomic mass is 16.5. The molecule has 0 aromatic heterocycles. The Hall–Kier alpha value is -1.64. The third-order valence-electron chi connectivity index (χ3n) is 7.01. The van der Waals surface area contributed by atoms with Crippen molar-refractivity contribution in [3.05, 3.63) is 28.8 Å². The molecule has 2 N–H and O–H groups in total. The van der Waals surface area contributed by atoms with Crippen LogP contribution in [0.25, 0.3) is 0 Å². The Bertz CT molecular complexity index is 701. The van der Waals surface area contributed by atoms with Crippen molar-refractivity contribution in [1.82, 2.24) is 0 Å². The molecule has 2 aliphatic rings. The Morgan fingerprint density at radius 3 is 2.48 bits per heavy atom. The van der Waals surface area contributed by atoms with Gasteiger partial charge in [-0.3, -0.25) is 0 Å². The third kappa shape index (κ3) is 2.92. The van der Waals surface area contributed by atoms with Crippen molar-refractivity contribution >= 4 is 0 Å². The van der Waals surface area contributed by atoms with Crippen LogP contribution in [0, 0.1) is 16.7 Å². The summed E-state index contributed by atoms with van der Waals surface area (Å²) in [5, 5.41) is 20.6. The van der Waals surface area contributed by atoms with Crippen LogP contribution < -0.4 is 4.74 Å². The van der Waals surface area contributed by atoms with Gasteiger partial charge in [0.25, 0.3) is 0 Å². The average molecular weight is 344 g/mol. The molecule has 2 atom stereocenters. The van der Waals surface area contributed by atoms with Gasteiger partial charge in [-0.15, -0.1) is 0 Å². The summed E-state index contributed by atoms with van der Waals surface area (Å²) >= 11 is 0. The number of rotatable bonds is 3. The molecule has 0 spiro atoms. The molecule has 1 aromatic carbocycles. The minimum atomic E-state index is 0.0926. The second-order valence-electron chi connectivity index (χ2n) is 8.90. The molecule has 0 radical (unpaired) electrons. The smallest absolute Gasteiger partial charge is 0.167 e. The first-order valence-electron chi connectivity index (χ1n) is 9.47. The van der Waals surface area contributed by atoms with Gasteiger partial charge in [0.05, 0.1) is 7.11 Å². The van der Waals surface area contributed by atoms with Crippen molar-refractivity contribution in [3.63, 3.8) is 0 Å². The van der Waals surface area contributed by atoms with E-state index in [0.29, 0.717) is 29.1 Å². The van der Waals surface area contributed by atoms with Crippen molar-refractivity contribution in [2.75, 3.05) is 7.11 Å². The maximum atomic E-state index is 10.4. The Kier molecular flexibility index (Phi) is 4.55. The Labute approximate surface area is 151 Å². The lowest BCUT2D eigenvalue weighted by Crippen LogP contribution is -2.45. The van der Waals surface area contributed by atoms with Gasteiger partial charge in [-0.1, -0.05) is 38.3 Å². The summed E-state index contributed by atoms with van der Waals surface area (Å²) < 4.78 is 5.41. The van der Waals surface area contributed by atoms with Crippen LogP contribution in [-0.2, 0) is 6.42 Å². The number of phenolic OH excluding ortho intramolecular Hbond substituents is 2. The highest BCUT2D eigenvalue weighted by Gasteiger charge is 2.50. The van der Waals surface area contributed by atoms with E-state index in [4.69, 9.17) is 4.74 Å². The molecule has 1 unspecified atom stereocenters. The van der Waals surface area contributed by atoms with Crippen LogP contribution in [0.3, 0.4) is 0 Å². The first kappa shape index (κ1) is 18.2. The molecule has 0 saturated heterocycles. The molecule has 0 bridgehead atoms. The molecule has 0 aliphatic heterocycles. The summed E-state index contributed by atoms with van der Waals surface area (Å²) in [5.74, 6) is 1.37. The van der Waals surface area contributed by atoms with Crippen molar-refractivity contribution in [2.45, 2.75) is 66.2 Å². The lowest BCUT2D eigenvalue weighted by molar-refractivity contribution is 0.0111. The third-order valence-corrected chi connectivity index (χ3v) is 7.01. The maximum absolute atomic E-state index is 10.4. The van der Waals surface area contributed by atoms with Gasteiger partial charge in [-0.2, -0.15) is 0 Å². The number of hydrogen-bond acceptors (Lipinski definition) is 3. The van der Waals surface area contributed by atoms with E-state index in [-0.39, 0.29) is 16.9 Å². The first-order valence-corrected chi connectivity index (χ1v) is 9.47. The van der Waals surface area contributed by atoms with Crippen LogP contribution >= 0.6 is 0 Å². The zero-order valence-corrected chi connectivity index (χ0v) is 16.3. The summed E-state index contributed by atoms with van der Waals surface area (Å²) in [6.45, 7) is 9.49. The van der Waals surface area contributed by atoms with Crippen LogP contribution in [0.4, 0.5) is 0 Å². The number of ether oxygens (including phenoxy) is 1. The number of allylic oxidation sites excluding steroid dienone is 2. The van der Waals surface area contributed by atoms with E-state index >= 15 is 0 Å². The van der Waals surface area contributed by atoms with Crippen LogP contribution in [0.15, 0.2) is 23.3 Å².